The van der Waals surface area contributed by atoms with E-state index in [4.69, 9.17) is 0 Å². The number of benzene rings is 1. The van der Waals surface area contributed by atoms with Crippen LogP contribution < -0.4 is 10.6 Å². The summed E-state index contributed by atoms with van der Waals surface area (Å²) < 4.78 is 2.86. The van der Waals surface area contributed by atoms with E-state index in [1.54, 1.807) is 4.68 Å². The van der Waals surface area contributed by atoms with Gasteiger partial charge in [-0.2, -0.15) is 5.10 Å². The fourth-order valence-corrected chi connectivity index (χ4v) is 3.58. The van der Waals surface area contributed by atoms with Crippen LogP contribution in [-0.2, 0) is 18.3 Å². The molecular formula is C18H24BrClN4O. The summed E-state index contributed by atoms with van der Waals surface area (Å²) in [6.07, 6.45) is 4.70. The molecule has 3 rings (SSSR count). The lowest BCUT2D eigenvalue weighted by Gasteiger charge is -2.20. The summed E-state index contributed by atoms with van der Waals surface area (Å²) in [6.45, 7) is 3.60. The molecule has 1 saturated heterocycles. The SMILES string of the molecule is CC(Cc1ccc(Br)cc1)NC(=O)[C@H]1CNC[C@@H]1c1cnn(C)c1.Cl. The predicted molar refractivity (Wildman–Crippen MR) is 105 cm³/mol. The number of nitrogens with zero attached hydrogens (tertiary/aromatic N) is 2. The average molecular weight is 428 g/mol. The topological polar surface area (TPSA) is 59.0 Å². The third-order valence-corrected chi connectivity index (χ3v) is 5.08. The van der Waals surface area contributed by atoms with E-state index in [1.165, 1.54) is 5.56 Å². The highest BCUT2D eigenvalue weighted by molar-refractivity contribution is 9.10. The Labute approximate surface area is 163 Å². The van der Waals surface area contributed by atoms with E-state index >= 15 is 0 Å². The maximum absolute atomic E-state index is 12.7. The van der Waals surface area contributed by atoms with Gasteiger partial charge in [0.1, 0.15) is 0 Å². The van der Waals surface area contributed by atoms with E-state index < -0.39 is 0 Å². The highest BCUT2D eigenvalue weighted by Crippen LogP contribution is 2.28. The van der Waals surface area contributed by atoms with Crippen molar-refractivity contribution in [2.45, 2.75) is 25.3 Å². The summed E-state index contributed by atoms with van der Waals surface area (Å²) in [7, 11) is 1.90. The fourth-order valence-electron chi connectivity index (χ4n) is 3.31. The van der Waals surface area contributed by atoms with Crippen LogP contribution in [-0.4, -0.2) is 34.8 Å². The Balaban J connectivity index is 0.00000225. The van der Waals surface area contributed by atoms with Crippen molar-refractivity contribution >= 4 is 34.2 Å². The number of amides is 1. The molecule has 1 unspecified atom stereocenters. The lowest BCUT2D eigenvalue weighted by atomic mass is 9.90. The summed E-state index contributed by atoms with van der Waals surface area (Å²) in [6, 6.07) is 8.34. The van der Waals surface area contributed by atoms with Crippen molar-refractivity contribution in [1.29, 1.82) is 0 Å². The minimum atomic E-state index is -0.0402. The third-order valence-electron chi connectivity index (χ3n) is 4.55. The normalized spacial score (nSPS) is 20.8. The van der Waals surface area contributed by atoms with Crippen molar-refractivity contribution in [2.75, 3.05) is 13.1 Å². The minimum absolute atomic E-state index is 0. The zero-order valence-electron chi connectivity index (χ0n) is 14.4. The van der Waals surface area contributed by atoms with Crippen LogP contribution in [0.3, 0.4) is 0 Å². The molecule has 3 atom stereocenters. The van der Waals surface area contributed by atoms with Crippen LogP contribution in [0.15, 0.2) is 41.1 Å². The second-order valence-corrected chi connectivity index (χ2v) is 7.47. The number of rotatable bonds is 5. The zero-order valence-corrected chi connectivity index (χ0v) is 16.8. The first-order valence-electron chi connectivity index (χ1n) is 8.27. The summed E-state index contributed by atoms with van der Waals surface area (Å²) in [5, 5.41) is 10.7. The van der Waals surface area contributed by atoms with Gasteiger partial charge in [0.15, 0.2) is 0 Å². The Morgan fingerprint density at radius 2 is 2.12 bits per heavy atom. The van der Waals surface area contributed by atoms with Gasteiger partial charge in [0.25, 0.3) is 0 Å². The molecule has 7 heteroatoms. The lowest BCUT2D eigenvalue weighted by Crippen LogP contribution is -2.40. The van der Waals surface area contributed by atoms with E-state index in [0.717, 1.165) is 29.5 Å². The number of hydrogen-bond acceptors (Lipinski definition) is 3. The van der Waals surface area contributed by atoms with Gasteiger partial charge >= 0.3 is 0 Å². The van der Waals surface area contributed by atoms with Gasteiger partial charge in [-0.1, -0.05) is 28.1 Å². The van der Waals surface area contributed by atoms with Crippen molar-refractivity contribution in [1.82, 2.24) is 20.4 Å². The minimum Gasteiger partial charge on any atom is -0.353 e. The Hall–Kier alpha value is -1.37. The Morgan fingerprint density at radius 3 is 2.76 bits per heavy atom. The van der Waals surface area contributed by atoms with E-state index in [-0.39, 0.29) is 36.2 Å². The van der Waals surface area contributed by atoms with Crippen LogP contribution in [0.2, 0.25) is 0 Å². The monoisotopic (exact) mass is 426 g/mol. The molecule has 1 aliphatic rings. The molecule has 2 N–H and O–H groups in total. The lowest BCUT2D eigenvalue weighted by molar-refractivity contribution is -0.125. The molecule has 1 aliphatic heterocycles. The van der Waals surface area contributed by atoms with Crippen molar-refractivity contribution in [3.8, 4) is 0 Å². The molecule has 1 fully saturated rings. The van der Waals surface area contributed by atoms with Crippen molar-refractivity contribution in [3.05, 3.63) is 52.3 Å². The second-order valence-electron chi connectivity index (χ2n) is 6.56. The van der Waals surface area contributed by atoms with Gasteiger partial charge in [0, 0.05) is 42.8 Å². The molecule has 0 spiro atoms. The van der Waals surface area contributed by atoms with Crippen LogP contribution in [0.25, 0.3) is 0 Å². The molecule has 1 aromatic heterocycles. The summed E-state index contributed by atoms with van der Waals surface area (Å²) in [5.41, 5.74) is 2.35. The highest BCUT2D eigenvalue weighted by atomic mass is 79.9. The van der Waals surface area contributed by atoms with Gasteiger partial charge in [-0.25, -0.2) is 0 Å². The molecule has 25 heavy (non-hydrogen) atoms. The molecular weight excluding hydrogens is 404 g/mol. The molecule has 1 aromatic carbocycles. The van der Waals surface area contributed by atoms with Crippen LogP contribution in [0.5, 0.6) is 0 Å². The van der Waals surface area contributed by atoms with Gasteiger partial charge in [0.05, 0.1) is 12.1 Å². The molecule has 5 nitrogen and oxygen atoms in total. The molecule has 2 aromatic rings. The average Bonchev–Trinajstić information content (AvgIpc) is 3.18. The van der Waals surface area contributed by atoms with Crippen LogP contribution in [0, 0.1) is 5.92 Å². The van der Waals surface area contributed by atoms with Crippen molar-refractivity contribution in [3.63, 3.8) is 0 Å². The molecule has 136 valence electrons. The van der Waals surface area contributed by atoms with Crippen molar-refractivity contribution in [2.24, 2.45) is 13.0 Å². The predicted octanol–water partition coefficient (Wildman–Crippen LogP) is 2.65. The third kappa shape index (κ3) is 5.06. The standard InChI is InChI=1S/C18H23BrN4O.ClH/c1-12(7-13-3-5-15(19)6-4-13)22-18(24)17-10-20-9-16(17)14-8-21-23(2)11-14;/h3-6,8,11-12,16-17,20H,7,9-10H2,1-2H3,(H,22,24);1H/t12?,16-,17+;/m1./s1. The number of carbonyl (C=O) groups excluding carboxylic acids is 1. The largest absolute Gasteiger partial charge is 0.353 e. The van der Waals surface area contributed by atoms with Crippen molar-refractivity contribution < 1.29 is 4.79 Å². The number of carbonyl (C=O) groups is 1. The van der Waals surface area contributed by atoms with Gasteiger partial charge in [-0.05, 0) is 36.6 Å². The summed E-state index contributed by atoms with van der Waals surface area (Å²) in [5.74, 6) is 0.276. The highest BCUT2D eigenvalue weighted by Gasteiger charge is 2.35. The molecule has 0 bridgehead atoms. The fraction of sp³-hybridized carbons (Fsp3) is 0.444. The van der Waals surface area contributed by atoms with E-state index in [1.807, 2.05) is 31.6 Å². The first-order chi connectivity index (χ1) is 11.5. The molecule has 2 heterocycles. The molecule has 0 aliphatic carbocycles. The number of halogens is 2. The Kier molecular flexibility index (Phi) is 7.04. The van der Waals surface area contributed by atoms with E-state index in [2.05, 4.69) is 50.7 Å². The van der Waals surface area contributed by atoms with E-state index in [9.17, 15) is 4.79 Å². The number of aromatic nitrogens is 2. The summed E-state index contributed by atoms with van der Waals surface area (Å²) in [4.78, 5) is 12.7. The zero-order chi connectivity index (χ0) is 17.1. The summed E-state index contributed by atoms with van der Waals surface area (Å²) >= 11 is 3.44. The van der Waals surface area contributed by atoms with Crippen LogP contribution in [0.4, 0.5) is 0 Å². The van der Waals surface area contributed by atoms with Gasteiger partial charge < -0.3 is 10.6 Å². The number of hydrogen-bond donors (Lipinski definition) is 2. The van der Waals surface area contributed by atoms with Crippen LogP contribution in [0.1, 0.15) is 24.0 Å². The molecule has 1 amide bonds. The first-order valence-corrected chi connectivity index (χ1v) is 9.06. The van der Waals surface area contributed by atoms with Gasteiger partial charge in [-0.3, -0.25) is 9.48 Å². The van der Waals surface area contributed by atoms with Gasteiger partial charge in [0.2, 0.25) is 5.91 Å². The quantitative estimate of drug-likeness (QED) is 0.771. The number of aryl methyl sites for hydroxylation is 1. The first kappa shape index (κ1) is 19.9. The smallest absolute Gasteiger partial charge is 0.225 e. The maximum atomic E-state index is 12.7. The maximum Gasteiger partial charge on any atom is 0.225 e. The number of nitrogens with one attached hydrogen (secondary N) is 2. The van der Waals surface area contributed by atoms with E-state index in [0.29, 0.717) is 0 Å². The Bertz CT molecular complexity index is 703. The van der Waals surface area contributed by atoms with Gasteiger partial charge in [-0.15, -0.1) is 12.4 Å². The molecule has 0 radical (unpaired) electrons. The second kappa shape index (κ2) is 8.83. The molecule has 0 saturated carbocycles. The Morgan fingerprint density at radius 1 is 1.40 bits per heavy atom. The van der Waals surface area contributed by atoms with Crippen LogP contribution >= 0.6 is 28.3 Å².